The molecule has 0 spiro atoms. The lowest BCUT2D eigenvalue weighted by molar-refractivity contribution is -0.131. The van der Waals surface area contributed by atoms with E-state index in [4.69, 9.17) is 21.1 Å². The number of rotatable bonds is 7. The van der Waals surface area contributed by atoms with Crippen LogP contribution in [-0.4, -0.2) is 25.2 Å². The van der Waals surface area contributed by atoms with Crippen LogP contribution in [0.5, 0.6) is 5.75 Å². The minimum absolute atomic E-state index is 0.359. The van der Waals surface area contributed by atoms with E-state index in [0.29, 0.717) is 21.2 Å². The molecule has 1 atom stereocenters. The summed E-state index contributed by atoms with van der Waals surface area (Å²) in [6, 6.07) is 23.4. The summed E-state index contributed by atoms with van der Waals surface area (Å²) in [5.41, 5.74) is 3.92. The SMILES string of the molecule is COC(C(=O)NN=Cc1ccc(OC(=O)c2sc3ccccc3c2Cl)cc1)c1ccccc1. The van der Waals surface area contributed by atoms with Gasteiger partial charge >= 0.3 is 5.97 Å². The van der Waals surface area contributed by atoms with Crippen LogP contribution in [0.1, 0.15) is 26.9 Å². The van der Waals surface area contributed by atoms with Crippen LogP contribution in [0.25, 0.3) is 10.1 Å². The second kappa shape index (κ2) is 10.4. The zero-order chi connectivity index (χ0) is 23.2. The molecule has 3 aromatic carbocycles. The number of hydrogen-bond donors (Lipinski definition) is 1. The van der Waals surface area contributed by atoms with Crippen molar-refractivity contribution >= 4 is 51.1 Å². The largest absolute Gasteiger partial charge is 0.422 e. The minimum atomic E-state index is -0.758. The molecular weight excluding hydrogens is 460 g/mol. The molecular formula is C25H19ClN2O4S. The van der Waals surface area contributed by atoms with E-state index in [2.05, 4.69) is 10.5 Å². The van der Waals surface area contributed by atoms with Gasteiger partial charge in [0.25, 0.3) is 5.91 Å². The molecule has 8 heteroatoms. The maximum Gasteiger partial charge on any atom is 0.355 e. The van der Waals surface area contributed by atoms with Crippen molar-refractivity contribution in [2.24, 2.45) is 5.10 Å². The highest BCUT2D eigenvalue weighted by molar-refractivity contribution is 7.21. The molecule has 0 fully saturated rings. The maximum absolute atomic E-state index is 12.6. The van der Waals surface area contributed by atoms with Crippen molar-refractivity contribution in [3.8, 4) is 5.75 Å². The molecule has 1 heterocycles. The van der Waals surface area contributed by atoms with Crippen molar-refractivity contribution in [1.29, 1.82) is 0 Å². The van der Waals surface area contributed by atoms with E-state index in [-0.39, 0.29) is 5.91 Å². The fraction of sp³-hybridized carbons (Fsp3) is 0.0800. The first-order chi connectivity index (χ1) is 16.1. The van der Waals surface area contributed by atoms with Crippen molar-refractivity contribution in [3.05, 3.63) is 99.9 Å². The van der Waals surface area contributed by atoms with Gasteiger partial charge in [0.15, 0.2) is 6.10 Å². The van der Waals surface area contributed by atoms with Crippen LogP contribution in [0.3, 0.4) is 0 Å². The van der Waals surface area contributed by atoms with Gasteiger partial charge in [-0.05, 0) is 41.5 Å². The fourth-order valence-electron chi connectivity index (χ4n) is 3.17. The average Bonchev–Trinajstić information content (AvgIpc) is 3.18. The molecule has 1 aromatic heterocycles. The summed E-state index contributed by atoms with van der Waals surface area (Å²) in [6.45, 7) is 0. The minimum Gasteiger partial charge on any atom is -0.422 e. The van der Waals surface area contributed by atoms with Crippen LogP contribution in [-0.2, 0) is 9.53 Å². The number of amides is 1. The number of esters is 1. The Morgan fingerprint density at radius 1 is 1.00 bits per heavy atom. The molecule has 1 amide bonds. The maximum atomic E-state index is 12.6. The molecule has 1 N–H and O–H groups in total. The molecule has 1 unspecified atom stereocenters. The number of ether oxygens (including phenoxy) is 2. The van der Waals surface area contributed by atoms with Crippen molar-refractivity contribution < 1.29 is 19.1 Å². The van der Waals surface area contributed by atoms with Gasteiger partial charge in [0.1, 0.15) is 10.6 Å². The molecule has 0 saturated carbocycles. The van der Waals surface area contributed by atoms with Gasteiger partial charge in [0, 0.05) is 17.2 Å². The average molecular weight is 479 g/mol. The molecule has 0 aliphatic rings. The Labute approximate surface area is 199 Å². The van der Waals surface area contributed by atoms with Gasteiger partial charge in [0.05, 0.1) is 11.2 Å². The number of nitrogens with zero attached hydrogens (tertiary/aromatic N) is 1. The Morgan fingerprint density at radius 2 is 1.70 bits per heavy atom. The van der Waals surface area contributed by atoms with Crippen molar-refractivity contribution in [3.63, 3.8) is 0 Å². The topological polar surface area (TPSA) is 77.0 Å². The van der Waals surface area contributed by atoms with E-state index in [1.807, 2.05) is 54.6 Å². The molecule has 6 nitrogen and oxygen atoms in total. The van der Waals surface area contributed by atoms with Crippen LogP contribution in [0.4, 0.5) is 0 Å². The van der Waals surface area contributed by atoms with Crippen molar-refractivity contribution in [2.75, 3.05) is 7.11 Å². The third-order valence-electron chi connectivity index (χ3n) is 4.78. The zero-order valence-corrected chi connectivity index (χ0v) is 19.1. The summed E-state index contributed by atoms with van der Waals surface area (Å²) < 4.78 is 11.7. The summed E-state index contributed by atoms with van der Waals surface area (Å²) in [5, 5.41) is 5.20. The van der Waals surface area contributed by atoms with E-state index in [1.165, 1.54) is 24.7 Å². The first-order valence-corrected chi connectivity index (χ1v) is 11.2. The Balaban J connectivity index is 1.37. The number of hydrogen-bond acceptors (Lipinski definition) is 6. The highest BCUT2D eigenvalue weighted by Crippen LogP contribution is 2.35. The number of nitrogens with one attached hydrogen (secondary N) is 1. The molecule has 4 aromatic rings. The fourth-order valence-corrected chi connectivity index (χ4v) is 4.56. The molecule has 0 aliphatic carbocycles. The van der Waals surface area contributed by atoms with Gasteiger partial charge in [-0.15, -0.1) is 11.3 Å². The normalized spacial score (nSPS) is 12.1. The van der Waals surface area contributed by atoms with Gasteiger partial charge < -0.3 is 9.47 Å². The number of hydrazone groups is 1. The van der Waals surface area contributed by atoms with E-state index in [9.17, 15) is 9.59 Å². The quantitative estimate of drug-likeness (QED) is 0.162. The molecule has 0 saturated heterocycles. The lowest BCUT2D eigenvalue weighted by Crippen LogP contribution is -2.26. The highest BCUT2D eigenvalue weighted by Gasteiger charge is 2.20. The van der Waals surface area contributed by atoms with E-state index >= 15 is 0 Å². The molecule has 0 bridgehead atoms. The summed E-state index contributed by atoms with van der Waals surface area (Å²) in [4.78, 5) is 25.3. The summed E-state index contributed by atoms with van der Waals surface area (Å²) in [5.74, 6) is -0.523. The number of fused-ring (bicyclic) bond motifs is 1. The highest BCUT2D eigenvalue weighted by atomic mass is 35.5. The van der Waals surface area contributed by atoms with Crippen LogP contribution < -0.4 is 10.2 Å². The number of benzene rings is 3. The molecule has 0 aliphatic heterocycles. The monoisotopic (exact) mass is 478 g/mol. The van der Waals surface area contributed by atoms with E-state index in [0.717, 1.165) is 15.6 Å². The Hall–Kier alpha value is -3.52. The zero-order valence-electron chi connectivity index (χ0n) is 17.5. The Bertz CT molecular complexity index is 1300. The van der Waals surface area contributed by atoms with Gasteiger partial charge in [-0.25, -0.2) is 10.2 Å². The predicted octanol–water partition coefficient (Wildman–Crippen LogP) is 5.61. The lowest BCUT2D eigenvalue weighted by Gasteiger charge is -2.13. The second-order valence-corrected chi connectivity index (χ2v) is 8.39. The predicted molar refractivity (Wildman–Crippen MR) is 130 cm³/mol. The standard InChI is InChI=1S/C25H19ClN2O4S/c1-31-22(17-7-3-2-4-8-17)24(29)28-27-15-16-11-13-18(14-12-16)32-25(30)23-21(26)19-9-5-6-10-20(19)33-23/h2-15,22H,1H3,(H,28,29). The van der Waals surface area contributed by atoms with Gasteiger partial charge in [-0.2, -0.15) is 5.10 Å². The van der Waals surface area contributed by atoms with Crippen LogP contribution in [0.15, 0.2) is 84.0 Å². The number of carbonyl (C=O) groups excluding carboxylic acids is 2. The van der Waals surface area contributed by atoms with Crippen molar-refractivity contribution in [1.82, 2.24) is 5.43 Å². The number of methoxy groups -OCH3 is 1. The first-order valence-electron chi connectivity index (χ1n) is 9.96. The molecule has 33 heavy (non-hydrogen) atoms. The Morgan fingerprint density at radius 3 is 2.39 bits per heavy atom. The van der Waals surface area contributed by atoms with Gasteiger partial charge in [0.2, 0.25) is 0 Å². The summed E-state index contributed by atoms with van der Waals surface area (Å²) in [7, 11) is 1.47. The number of carbonyl (C=O) groups is 2. The van der Waals surface area contributed by atoms with Gasteiger partial charge in [-0.1, -0.05) is 60.1 Å². The number of thiophene rings is 1. The third-order valence-corrected chi connectivity index (χ3v) is 6.43. The molecule has 166 valence electrons. The lowest BCUT2D eigenvalue weighted by atomic mass is 10.1. The second-order valence-electron chi connectivity index (χ2n) is 6.96. The summed E-state index contributed by atoms with van der Waals surface area (Å²) >= 11 is 7.64. The third kappa shape index (κ3) is 5.28. The van der Waals surface area contributed by atoms with E-state index in [1.54, 1.807) is 24.3 Å². The van der Waals surface area contributed by atoms with Crippen LogP contribution >= 0.6 is 22.9 Å². The smallest absolute Gasteiger partial charge is 0.355 e. The van der Waals surface area contributed by atoms with Gasteiger partial charge in [-0.3, -0.25) is 4.79 Å². The van der Waals surface area contributed by atoms with Crippen LogP contribution in [0.2, 0.25) is 5.02 Å². The van der Waals surface area contributed by atoms with Crippen LogP contribution in [0, 0.1) is 0 Å². The molecule has 4 rings (SSSR count). The summed E-state index contributed by atoms with van der Waals surface area (Å²) in [6.07, 6.45) is 0.732. The molecule has 0 radical (unpaired) electrons. The van der Waals surface area contributed by atoms with Crippen molar-refractivity contribution in [2.45, 2.75) is 6.10 Å². The Kier molecular flexibility index (Phi) is 7.14. The number of halogens is 1. The first kappa shape index (κ1) is 22.7. The van der Waals surface area contributed by atoms with E-state index < -0.39 is 12.1 Å².